The van der Waals surface area contributed by atoms with Crippen LogP contribution in [0.15, 0.2) is 18.3 Å². The number of carboxylic acids is 1. The zero-order chi connectivity index (χ0) is 14.7. The molecule has 1 amide bonds. The van der Waals surface area contributed by atoms with Gasteiger partial charge in [0.1, 0.15) is 5.69 Å². The Morgan fingerprint density at radius 2 is 2.25 bits per heavy atom. The molecule has 0 aliphatic carbocycles. The summed E-state index contributed by atoms with van der Waals surface area (Å²) in [5.74, 6) is -1.16. The first-order chi connectivity index (χ1) is 9.50. The van der Waals surface area contributed by atoms with E-state index >= 15 is 0 Å². The first-order valence-electron chi connectivity index (χ1n) is 6.25. The third-order valence-corrected chi connectivity index (χ3v) is 3.11. The molecular formula is C13H17N3O4. The van der Waals surface area contributed by atoms with E-state index in [9.17, 15) is 14.7 Å². The van der Waals surface area contributed by atoms with Crippen LogP contribution in [0.25, 0.3) is 0 Å². The number of nitrogens with zero attached hydrogens (tertiary/aromatic N) is 3. The molecule has 2 rings (SSSR count). The fourth-order valence-electron chi connectivity index (χ4n) is 2.06. The number of carboxylic acid groups (broad SMARTS) is 1. The molecule has 108 valence electrons. The minimum atomic E-state index is -0.943. The lowest BCUT2D eigenvalue weighted by molar-refractivity contribution is -0.141. The minimum Gasteiger partial charge on any atom is -0.480 e. The Morgan fingerprint density at radius 1 is 1.50 bits per heavy atom. The molecule has 1 aromatic rings. The highest BCUT2D eigenvalue weighted by Crippen LogP contribution is 2.20. The summed E-state index contributed by atoms with van der Waals surface area (Å²) in [7, 11) is 3.29. The molecule has 0 radical (unpaired) electrons. The Bertz CT molecular complexity index is 518. The topological polar surface area (TPSA) is 83.0 Å². The molecule has 0 aromatic carbocycles. The first-order valence-corrected chi connectivity index (χ1v) is 6.25. The fourth-order valence-corrected chi connectivity index (χ4v) is 2.06. The predicted octanol–water partition coefficient (Wildman–Crippen LogP) is 0.0732. The molecule has 1 aliphatic rings. The smallest absolute Gasteiger partial charge is 0.328 e. The van der Waals surface area contributed by atoms with Crippen LogP contribution in [-0.4, -0.2) is 66.8 Å². The van der Waals surface area contributed by atoms with Crippen molar-refractivity contribution in [2.75, 3.05) is 38.8 Å². The van der Waals surface area contributed by atoms with Crippen molar-refractivity contribution in [2.45, 2.75) is 6.04 Å². The lowest BCUT2D eigenvalue weighted by Gasteiger charge is -2.34. The summed E-state index contributed by atoms with van der Waals surface area (Å²) in [4.78, 5) is 30.3. The monoisotopic (exact) mass is 279 g/mol. The van der Waals surface area contributed by atoms with Crippen LogP contribution >= 0.6 is 0 Å². The summed E-state index contributed by atoms with van der Waals surface area (Å²) >= 11 is 0. The number of anilines is 1. The van der Waals surface area contributed by atoms with E-state index in [0.717, 1.165) is 0 Å². The summed E-state index contributed by atoms with van der Waals surface area (Å²) in [5, 5.41) is 9.22. The average Bonchev–Trinajstić information content (AvgIpc) is 2.46. The highest BCUT2D eigenvalue weighted by Gasteiger charge is 2.29. The van der Waals surface area contributed by atoms with Gasteiger partial charge in [-0.25, -0.2) is 4.79 Å². The zero-order valence-corrected chi connectivity index (χ0v) is 11.4. The summed E-state index contributed by atoms with van der Waals surface area (Å²) in [6, 6.07) is 2.57. The largest absolute Gasteiger partial charge is 0.480 e. The predicted molar refractivity (Wildman–Crippen MR) is 71.8 cm³/mol. The van der Waals surface area contributed by atoms with Gasteiger partial charge in [0.2, 0.25) is 0 Å². The van der Waals surface area contributed by atoms with Crippen LogP contribution in [0.3, 0.4) is 0 Å². The summed E-state index contributed by atoms with van der Waals surface area (Å²) < 4.78 is 5.20. The van der Waals surface area contributed by atoms with E-state index in [2.05, 4.69) is 4.98 Å². The number of rotatable bonds is 3. The van der Waals surface area contributed by atoms with E-state index in [1.54, 1.807) is 31.1 Å². The van der Waals surface area contributed by atoms with Gasteiger partial charge in [0.15, 0.2) is 6.04 Å². The van der Waals surface area contributed by atoms with Crippen molar-refractivity contribution < 1.29 is 19.4 Å². The first kappa shape index (κ1) is 14.3. The molecule has 1 aliphatic heterocycles. The number of amides is 1. The number of carbonyl (C=O) groups excluding carboxylic acids is 1. The molecule has 1 fully saturated rings. The maximum atomic E-state index is 11.9. The van der Waals surface area contributed by atoms with Crippen molar-refractivity contribution in [2.24, 2.45) is 0 Å². The minimum absolute atomic E-state index is 0.134. The Balaban J connectivity index is 2.29. The summed E-state index contributed by atoms with van der Waals surface area (Å²) in [6.45, 7) is 1.06. The van der Waals surface area contributed by atoms with Gasteiger partial charge in [0.05, 0.1) is 13.2 Å². The van der Waals surface area contributed by atoms with Gasteiger partial charge in [-0.15, -0.1) is 0 Å². The SMILES string of the molecule is CN(C)C(=O)c1cc(N2CCOCC2C(=O)O)ccn1. The zero-order valence-electron chi connectivity index (χ0n) is 11.4. The van der Waals surface area contributed by atoms with Crippen molar-refractivity contribution >= 4 is 17.6 Å². The maximum absolute atomic E-state index is 11.9. The van der Waals surface area contributed by atoms with Crippen molar-refractivity contribution in [3.8, 4) is 0 Å². The van der Waals surface area contributed by atoms with Crippen molar-refractivity contribution in [1.82, 2.24) is 9.88 Å². The molecule has 0 bridgehead atoms. The van der Waals surface area contributed by atoms with Gasteiger partial charge in [-0.1, -0.05) is 0 Å². The van der Waals surface area contributed by atoms with Gasteiger partial charge in [-0.2, -0.15) is 0 Å². The number of morpholine rings is 1. The summed E-state index contributed by atoms with van der Waals surface area (Å²) in [5.41, 5.74) is 0.962. The Morgan fingerprint density at radius 3 is 2.90 bits per heavy atom. The highest BCUT2D eigenvalue weighted by molar-refractivity contribution is 5.93. The molecule has 7 heteroatoms. The Hall–Kier alpha value is -2.15. The molecule has 0 spiro atoms. The summed E-state index contributed by atoms with van der Waals surface area (Å²) in [6.07, 6.45) is 1.51. The number of aliphatic carboxylic acids is 1. The number of aromatic nitrogens is 1. The van der Waals surface area contributed by atoms with Gasteiger partial charge in [0.25, 0.3) is 5.91 Å². The van der Waals surface area contributed by atoms with E-state index in [1.165, 1.54) is 11.1 Å². The normalized spacial score (nSPS) is 18.7. The third kappa shape index (κ3) is 2.88. The van der Waals surface area contributed by atoms with Crippen LogP contribution < -0.4 is 4.90 Å². The van der Waals surface area contributed by atoms with Crippen LogP contribution in [0.4, 0.5) is 5.69 Å². The third-order valence-electron chi connectivity index (χ3n) is 3.11. The fraction of sp³-hybridized carbons (Fsp3) is 0.462. The number of hydrogen-bond acceptors (Lipinski definition) is 5. The molecule has 1 saturated heterocycles. The van der Waals surface area contributed by atoms with Crippen molar-refractivity contribution in [1.29, 1.82) is 0 Å². The Labute approximate surface area is 116 Å². The van der Waals surface area contributed by atoms with Gasteiger partial charge in [0, 0.05) is 32.5 Å². The van der Waals surface area contributed by atoms with Gasteiger partial charge in [-0.3, -0.25) is 9.78 Å². The second-order valence-corrected chi connectivity index (χ2v) is 4.72. The second kappa shape index (κ2) is 5.87. The van der Waals surface area contributed by atoms with Crippen LogP contribution in [-0.2, 0) is 9.53 Å². The quantitative estimate of drug-likeness (QED) is 0.843. The molecular weight excluding hydrogens is 262 g/mol. The second-order valence-electron chi connectivity index (χ2n) is 4.72. The number of hydrogen-bond donors (Lipinski definition) is 1. The van der Waals surface area contributed by atoms with Gasteiger partial charge in [-0.05, 0) is 12.1 Å². The van der Waals surface area contributed by atoms with E-state index in [4.69, 9.17) is 4.74 Å². The van der Waals surface area contributed by atoms with E-state index in [1.807, 2.05) is 0 Å². The van der Waals surface area contributed by atoms with Crippen LogP contribution in [0.1, 0.15) is 10.5 Å². The highest BCUT2D eigenvalue weighted by atomic mass is 16.5. The molecule has 20 heavy (non-hydrogen) atoms. The number of ether oxygens (including phenoxy) is 1. The van der Waals surface area contributed by atoms with Crippen molar-refractivity contribution in [3.05, 3.63) is 24.0 Å². The van der Waals surface area contributed by atoms with Crippen molar-refractivity contribution in [3.63, 3.8) is 0 Å². The maximum Gasteiger partial charge on any atom is 0.328 e. The van der Waals surface area contributed by atoms with Crippen LogP contribution in [0, 0.1) is 0 Å². The number of carbonyl (C=O) groups is 2. The van der Waals surface area contributed by atoms with Crippen LogP contribution in [0.5, 0.6) is 0 Å². The standard InChI is InChI=1S/C13H17N3O4/c1-15(2)12(17)10-7-9(3-4-14-10)16-5-6-20-8-11(16)13(18)19/h3-4,7,11H,5-6,8H2,1-2H3,(H,18,19). The lowest BCUT2D eigenvalue weighted by Crippen LogP contribution is -2.50. The van der Waals surface area contributed by atoms with E-state index in [0.29, 0.717) is 24.5 Å². The number of pyridine rings is 1. The van der Waals surface area contributed by atoms with E-state index in [-0.39, 0.29) is 12.5 Å². The molecule has 7 nitrogen and oxygen atoms in total. The molecule has 1 atom stereocenters. The van der Waals surface area contributed by atoms with Crippen LogP contribution in [0.2, 0.25) is 0 Å². The van der Waals surface area contributed by atoms with Gasteiger partial charge >= 0.3 is 5.97 Å². The molecule has 0 saturated carbocycles. The molecule has 2 heterocycles. The lowest BCUT2D eigenvalue weighted by atomic mass is 10.2. The Kier molecular flexibility index (Phi) is 4.19. The van der Waals surface area contributed by atoms with Gasteiger partial charge < -0.3 is 19.6 Å². The molecule has 1 unspecified atom stereocenters. The average molecular weight is 279 g/mol. The molecule has 1 N–H and O–H groups in total. The molecule has 1 aromatic heterocycles. The van der Waals surface area contributed by atoms with E-state index < -0.39 is 12.0 Å².